The van der Waals surface area contributed by atoms with Gasteiger partial charge in [-0.1, -0.05) is 0 Å². The molecule has 1 aliphatic heterocycles. The highest BCUT2D eigenvalue weighted by atomic mass is 16.5. The van der Waals surface area contributed by atoms with Crippen molar-refractivity contribution in [3.63, 3.8) is 0 Å². The summed E-state index contributed by atoms with van der Waals surface area (Å²) in [4.78, 5) is 34.3. The van der Waals surface area contributed by atoms with Gasteiger partial charge in [0.1, 0.15) is 6.04 Å². The van der Waals surface area contributed by atoms with Crippen LogP contribution in [0.5, 0.6) is 0 Å². The zero-order valence-electron chi connectivity index (χ0n) is 9.54. The van der Waals surface area contributed by atoms with E-state index in [0.717, 1.165) is 4.90 Å². The highest BCUT2D eigenvalue weighted by Crippen LogP contribution is 2.06. The number of amides is 3. The van der Waals surface area contributed by atoms with Gasteiger partial charge in [-0.05, 0) is 0 Å². The van der Waals surface area contributed by atoms with Gasteiger partial charge in [-0.3, -0.25) is 4.79 Å². The van der Waals surface area contributed by atoms with Crippen molar-refractivity contribution >= 4 is 17.9 Å². The largest absolute Gasteiger partial charge is 0.479 e. The molecule has 0 bridgehead atoms. The molecule has 0 aromatic heterocycles. The van der Waals surface area contributed by atoms with Gasteiger partial charge in [-0.15, -0.1) is 0 Å². The first-order valence-corrected chi connectivity index (χ1v) is 5.26. The standard InChI is InChI=1S/C9H15N3O6/c10-7(14)5-4-18-2-1-12(5)9(17)11-3-6(13)8(15)16/h5-6,13H,1-4H2,(H2,10,14)(H,11,17)(H,15,16)/t5?,6-/m0/s1. The third kappa shape index (κ3) is 3.57. The van der Waals surface area contributed by atoms with Crippen molar-refractivity contribution in [2.24, 2.45) is 5.73 Å². The van der Waals surface area contributed by atoms with E-state index in [9.17, 15) is 14.4 Å². The average molecular weight is 261 g/mol. The van der Waals surface area contributed by atoms with Gasteiger partial charge in [-0.2, -0.15) is 0 Å². The Labute approximate surface area is 102 Å². The number of carboxylic acid groups (broad SMARTS) is 1. The van der Waals surface area contributed by atoms with Crippen molar-refractivity contribution in [1.82, 2.24) is 10.2 Å². The summed E-state index contributed by atoms with van der Waals surface area (Å²) in [5.41, 5.74) is 5.12. The lowest BCUT2D eigenvalue weighted by Gasteiger charge is -2.33. The van der Waals surface area contributed by atoms with Crippen molar-refractivity contribution in [2.45, 2.75) is 12.1 Å². The third-order valence-electron chi connectivity index (χ3n) is 2.45. The van der Waals surface area contributed by atoms with Gasteiger partial charge in [0.25, 0.3) is 0 Å². The summed E-state index contributed by atoms with van der Waals surface area (Å²) in [6.45, 7) is -0.0114. The second-order valence-corrected chi connectivity index (χ2v) is 3.73. The Kier molecular flexibility index (Phi) is 4.86. The maximum Gasteiger partial charge on any atom is 0.334 e. The Morgan fingerprint density at radius 3 is 2.72 bits per heavy atom. The van der Waals surface area contributed by atoms with Crippen molar-refractivity contribution in [1.29, 1.82) is 0 Å². The lowest BCUT2D eigenvalue weighted by Crippen LogP contribution is -2.58. The fourth-order valence-corrected chi connectivity index (χ4v) is 1.46. The van der Waals surface area contributed by atoms with E-state index in [4.69, 9.17) is 20.7 Å². The average Bonchev–Trinajstić information content (AvgIpc) is 2.35. The fraction of sp³-hybridized carbons (Fsp3) is 0.667. The van der Waals surface area contributed by atoms with Gasteiger partial charge < -0.3 is 30.9 Å². The summed E-state index contributed by atoms with van der Waals surface area (Å²) in [5.74, 6) is -2.15. The summed E-state index contributed by atoms with van der Waals surface area (Å²) in [5, 5.41) is 19.6. The predicted molar refractivity (Wildman–Crippen MR) is 57.5 cm³/mol. The number of aliphatic carboxylic acids is 1. The first-order valence-electron chi connectivity index (χ1n) is 5.26. The maximum absolute atomic E-state index is 11.7. The molecule has 1 rings (SSSR count). The smallest absolute Gasteiger partial charge is 0.334 e. The van der Waals surface area contributed by atoms with Gasteiger partial charge in [-0.25, -0.2) is 9.59 Å². The van der Waals surface area contributed by atoms with E-state index in [-0.39, 0.29) is 19.8 Å². The Balaban J connectivity index is 2.53. The number of nitrogens with one attached hydrogen (secondary N) is 1. The quantitative estimate of drug-likeness (QED) is 0.434. The SMILES string of the molecule is NC(=O)C1COCCN1C(=O)NC[C@H](O)C(=O)O. The van der Waals surface area contributed by atoms with Gasteiger partial charge in [0, 0.05) is 6.54 Å². The van der Waals surface area contributed by atoms with Crippen LogP contribution in [0.25, 0.3) is 0 Å². The van der Waals surface area contributed by atoms with Crippen LogP contribution >= 0.6 is 0 Å². The van der Waals surface area contributed by atoms with Crippen LogP contribution in [-0.4, -0.2) is 71.5 Å². The van der Waals surface area contributed by atoms with Gasteiger partial charge in [0.05, 0.1) is 19.8 Å². The van der Waals surface area contributed by atoms with E-state index >= 15 is 0 Å². The minimum Gasteiger partial charge on any atom is -0.479 e. The molecule has 9 heteroatoms. The molecule has 0 spiro atoms. The molecule has 0 aromatic carbocycles. The number of hydrogen-bond acceptors (Lipinski definition) is 5. The van der Waals surface area contributed by atoms with Gasteiger partial charge in [0.2, 0.25) is 5.91 Å². The molecule has 5 N–H and O–H groups in total. The van der Waals surface area contributed by atoms with E-state index in [2.05, 4.69) is 5.32 Å². The monoisotopic (exact) mass is 261 g/mol. The molecule has 102 valence electrons. The zero-order valence-corrected chi connectivity index (χ0v) is 9.54. The van der Waals surface area contributed by atoms with E-state index in [1.807, 2.05) is 0 Å². The fourth-order valence-electron chi connectivity index (χ4n) is 1.46. The summed E-state index contributed by atoms with van der Waals surface area (Å²) in [6, 6.07) is -1.55. The van der Waals surface area contributed by atoms with E-state index in [0.29, 0.717) is 0 Å². The second kappa shape index (κ2) is 6.17. The molecule has 1 unspecified atom stereocenters. The van der Waals surface area contributed by atoms with E-state index < -0.39 is 36.6 Å². The highest BCUT2D eigenvalue weighted by Gasteiger charge is 2.31. The summed E-state index contributed by atoms with van der Waals surface area (Å²) >= 11 is 0. The van der Waals surface area contributed by atoms with E-state index in [1.165, 1.54) is 0 Å². The number of morpholine rings is 1. The molecule has 1 heterocycles. The molecule has 0 radical (unpaired) electrons. The topological polar surface area (TPSA) is 142 Å². The number of nitrogens with zero attached hydrogens (tertiary/aromatic N) is 1. The van der Waals surface area contributed by atoms with Crippen LogP contribution < -0.4 is 11.1 Å². The van der Waals surface area contributed by atoms with Crippen LogP contribution in [0.1, 0.15) is 0 Å². The number of rotatable bonds is 4. The number of primary amides is 1. The van der Waals surface area contributed by atoms with Crippen molar-refractivity contribution in [3.8, 4) is 0 Å². The molecule has 1 saturated heterocycles. The minimum atomic E-state index is -1.69. The van der Waals surface area contributed by atoms with E-state index in [1.54, 1.807) is 0 Å². The Bertz CT molecular complexity index is 347. The molecule has 0 aliphatic carbocycles. The van der Waals surface area contributed by atoms with Crippen LogP contribution in [0.15, 0.2) is 0 Å². The summed E-state index contributed by atoms with van der Waals surface area (Å²) < 4.78 is 5.02. The molecule has 3 amide bonds. The van der Waals surface area contributed by atoms with Crippen molar-refractivity contribution in [3.05, 3.63) is 0 Å². The lowest BCUT2D eigenvalue weighted by atomic mass is 10.2. The molecule has 0 saturated carbocycles. The number of aliphatic hydroxyl groups is 1. The number of ether oxygens (including phenoxy) is 1. The lowest BCUT2D eigenvalue weighted by molar-refractivity contribution is -0.146. The Morgan fingerprint density at radius 2 is 2.17 bits per heavy atom. The molecular weight excluding hydrogens is 246 g/mol. The number of hydrogen-bond donors (Lipinski definition) is 4. The molecule has 1 fully saturated rings. The van der Waals surface area contributed by atoms with Gasteiger partial charge >= 0.3 is 12.0 Å². The summed E-state index contributed by atoms with van der Waals surface area (Å²) in [6.07, 6.45) is -1.69. The van der Waals surface area contributed by atoms with Gasteiger partial charge in [0.15, 0.2) is 6.10 Å². The minimum absolute atomic E-state index is 0.00420. The first kappa shape index (κ1) is 14.2. The van der Waals surface area contributed by atoms with Crippen LogP contribution in [0.3, 0.4) is 0 Å². The number of nitrogens with two attached hydrogens (primary N) is 1. The second-order valence-electron chi connectivity index (χ2n) is 3.73. The number of carboxylic acids is 1. The maximum atomic E-state index is 11.7. The van der Waals surface area contributed by atoms with Crippen molar-refractivity contribution in [2.75, 3.05) is 26.3 Å². The van der Waals surface area contributed by atoms with Crippen LogP contribution in [0.4, 0.5) is 4.79 Å². The van der Waals surface area contributed by atoms with Crippen LogP contribution in [-0.2, 0) is 14.3 Å². The molecule has 0 aromatic rings. The normalized spacial score (nSPS) is 21.2. The summed E-state index contributed by atoms with van der Waals surface area (Å²) in [7, 11) is 0. The first-order chi connectivity index (χ1) is 8.43. The molecule has 2 atom stereocenters. The zero-order chi connectivity index (χ0) is 13.7. The number of carbonyl (C=O) groups is 3. The van der Waals surface area contributed by atoms with Crippen LogP contribution in [0, 0.1) is 0 Å². The number of urea groups is 1. The third-order valence-corrected chi connectivity index (χ3v) is 2.45. The molecular formula is C9H15N3O6. The molecule has 1 aliphatic rings. The Morgan fingerprint density at radius 1 is 1.50 bits per heavy atom. The van der Waals surface area contributed by atoms with Crippen molar-refractivity contribution < 1.29 is 29.3 Å². The van der Waals surface area contributed by atoms with Crippen LogP contribution in [0.2, 0.25) is 0 Å². The molecule has 9 nitrogen and oxygen atoms in total. The predicted octanol–water partition coefficient (Wildman–Crippen LogP) is -2.67. The Hall–Kier alpha value is -1.87. The molecule has 18 heavy (non-hydrogen) atoms. The number of carbonyl (C=O) groups excluding carboxylic acids is 2. The highest BCUT2D eigenvalue weighted by molar-refractivity contribution is 5.86. The number of aliphatic hydroxyl groups excluding tert-OH is 1.